The van der Waals surface area contributed by atoms with Gasteiger partial charge in [0.1, 0.15) is 0 Å². The summed E-state index contributed by atoms with van der Waals surface area (Å²) in [5.74, 6) is 0.947. The third-order valence-corrected chi connectivity index (χ3v) is 4.72. The molecule has 2 rings (SSSR count). The van der Waals surface area contributed by atoms with E-state index in [1.165, 1.54) is 0 Å². The fourth-order valence-corrected chi connectivity index (χ4v) is 3.50. The number of hydrogen-bond acceptors (Lipinski definition) is 3. The van der Waals surface area contributed by atoms with Gasteiger partial charge in [-0.2, -0.15) is 0 Å². The van der Waals surface area contributed by atoms with E-state index in [0.717, 1.165) is 51.6 Å². The number of halogens is 1. The molecule has 6 heteroatoms. The van der Waals surface area contributed by atoms with E-state index >= 15 is 0 Å². The Labute approximate surface area is 139 Å². The molecule has 3 N–H and O–H groups in total. The summed E-state index contributed by atoms with van der Waals surface area (Å²) in [6.07, 6.45) is 6.36. The van der Waals surface area contributed by atoms with Crippen LogP contribution in [0.1, 0.15) is 51.9 Å². The van der Waals surface area contributed by atoms with E-state index in [-0.39, 0.29) is 36.2 Å². The average molecular weight is 332 g/mol. The van der Waals surface area contributed by atoms with E-state index in [4.69, 9.17) is 5.73 Å². The van der Waals surface area contributed by atoms with Crippen molar-refractivity contribution in [1.82, 2.24) is 10.2 Å². The lowest BCUT2D eigenvalue weighted by atomic mass is 9.96. The molecule has 0 aromatic carbocycles. The Hall–Kier alpha value is -0.810. The second-order valence-corrected chi connectivity index (χ2v) is 6.62. The predicted octanol–water partition coefficient (Wildman–Crippen LogP) is 1.69. The monoisotopic (exact) mass is 331 g/mol. The smallest absolute Gasteiger partial charge is 0.225 e. The van der Waals surface area contributed by atoms with Crippen LogP contribution in [0.3, 0.4) is 0 Å². The molecule has 1 aliphatic heterocycles. The zero-order valence-corrected chi connectivity index (χ0v) is 14.4. The summed E-state index contributed by atoms with van der Waals surface area (Å²) in [4.78, 5) is 26.1. The predicted molar refractivity (Wildman–Crippen MR) is 89.8 cm³/mol. The third-order valence-electron chi connectivity index (χ3n) is 4.72. The highest BCUT2D eigenvalue weighted by molar-refractivity contribution is 5.85. The van der Waals surface area contributed by atoms with Gasteiger partial charge >= 0.3 is 0 Å². The second kappa shape index (κ2) is 9.36. The molecule has 3 unspecified atom stereocenters. The molecule has 0 aromatic heterocycles. The van der Waals surface area contributed by atoms with Gasteiger partial charge in [0.15, 0.2) is 0 Å². The summed E-state index contributed by atoms with van der Waals surface area (Å²) in [6.45, 7) is 4.36. The first-order valence-electron chi connectivity index (χ1n) is 8.41. The molecule has 0 spiro atoms. The first-order valence-corrected chi connectivity index (χ1v) is 8.41. The molecule has 0 radical (unpaired) electrons. The molecule has 2 amide bonds. The summed E-state index contributed by atoms with van der Waals surface area (Å²) < 4.78 is 0. The molecule has 1 saturated carbocycles. The molecule has 1 aliphatic carbocycles. The van der Waals surface area contributed by atoms with Crippen LogP contribution in [0.15, 0.2) is 0 Å². The van der Waals surface area contributed by atoms with Crippen molar-refractivity contribution >= 4 is 24.2 Å². The van der Waals surface area contributed by atoms with Gasteiger partial charge in [-0.3, -0.25) is 9.59 Å². The lowest BCUT2D eigenvalue weighted by Crippen LogP contribution is -2.45. The Balaban J connectivity index is 0.00000242. The maximum absolute atomic E-state index is 12.5. The van der Waals surface area contributed by atoms with E-state index in [1.54, 1.807) is 0 Å². The van der Waals surface area contributed by atoms with Crippen molar-refractivity contribution in [3.63, 3.8) is 0 Å². The van der Waals surface area contributed by atoms with Crippen molar-refractivity contribution in [3.05, 3.63) is 0 Å². The van der Waals surface area contributed by atoms with Gasteiger partial charge in [0.25, 0.3) is 0 Å². The number of carbonyl (C=O) groups is 2. The molecule has 3 atom stereocenters. The van der Waals surface area contributed by atoms with Crippen molar-refractivity contribution < 1.29 is 9.59 Å². The molecule has 1 saturated heterocycles. The summed E-state index contributed by atoms with van der Waals surface area (Å²) >= 11 is 0. The largest absolute Gasteiger partial charge is 0.356 e. The first-order chi connectivity index (χ1) is 10.1. The molecule has 2 fully saturated rings. The van der Waals surface area contributed by atoms with E-state index in [0.29, 0.717) is 18.9 Å². The normalized spacial score (nSPS) is 28.1. The average Bonchev–Trinajstić information content (AvgIpc) is 2.91. The molecular weight excluding hydrogens is 302 g/mol. The van der Waals surface area contributed by atoms with E-state index in [1.807, 2.05) is 11.8 Å². The van der Waals surface area contributed by atoms with Crippen LogP contribution in [0.2, 0.25) is 0 Å². The number of carbonyl (C=O) groups excluding carboxylic acids is 2. The van der Waals surface area contributed by atoms with Crippen LogP contribution >= 0.6 is 12.4 Å². The highest BCUT2D eigenvalue weighted by atomic mass is 35.5. The van der Waals surface area contributed by atoms with Crippen molar-refractivity contribution in [2.24, 2.45) is 17.6 Å². The van der Waals surface area contributed by atoms with Crippen molar-refractivity contribution in [2.45, 2.75) is 57.9 Å². The topological polar surface area (TPSA) is 75.4 Å². The van der Waals surface area contributed by atoms with Crippen molar-refractivity contribution in [2.75, 3.05) is 19.6 Å². The number of amides is 2. The van der Waals surface area contributed by atoms with Gasteiger partial charge < -0.3 is 16.0 Å². The Kier molecular flexibility index (Phi) is 8.18. The molecule has 128 valence electrons. The molecule has 5 nitrogen and oxygen atoms in total. The van der Waals surface area contributed by atoms with Crippen LogP contribution in [0.5, 0.6) is 0 Å². The number of nitrogens with one attached hydrogen (secondary N) is 1. The zero-order chi connectivity index (χ0) is 15.2. The Bertz CT molecular complexity index is 378. The molecule has 2 aliphatic rings. The minimum atomic E-state index is 0. The van der Waals surface area contributed by atoms with Crippen molar-refractivity contribution in [1.29, 1.82) is 0 Å². The van der Waals surface area contributed by atoms with Gasteiger partial charge in [0, 0.05) is 38.0 Å². The molecule has 0 aromatic rings. The van der Waals surface area contributed by atoms with Crippen LogP contribution in [-0.4, -0.2) is 42.4 Å². The zero-order valence-electron chi connectivity index (χ0n) is 13.6. The van der Waals surface area contributed by atoms with Crippen LogP contribution in [0.4, 0.5) is 0 Å². The van der Waals surface area contributed by atoms with Crippen LogP contribution in [0.25, 0.3) is 0 Å². The van der Waals surface area contributed by atoms with Gasteiger partial charge in [-0.1, -0.05) is 6.92 Å². The SMILES string of the molecule is CCCC(=O)NCC1CCCN(C(=O)C2CCC(N)C2)C1.Cl. The summed E-state index contributed by atoms with van der Waals surface area (Å²) in [6, 6.07) is 0.202. The third kappa shape index (κ3) is 5.43. The number of piperidine rings is 1. The fraction of sp³-hybridized carbons (Fsp3) is 0.875. The van der Waals surface area contributed by atoms with Crippen LogP contribution in [0, 0.1) is 11.8 Å². The van der Waals surface area contributed by atoms with E-state index in [9.17, 15) is 9.59 Å². The van der Waals surface area contributed by atoms with Crippen LogP contribution < -0.4 is 11.1 Å². The van der Waals surface area contributed by atoms with Gasteiger partial charge in [-0.05, 0) is 44.4 Å². The Morgan fingerprint density at radius 2 is 2.05 bits per heavy atom. The lowest BCUT2D eigenvalue weighted by Gasteiger charge is -2.34. The summed E-state index contributed by atoms with van der Waals surface area (Å²) in [7, 11) is 0. The van der Waals surface area contributed by atoms with Gasteiger partial charge in [-0.15, -0.1) is 12.4 Å². The maximum Gasteiger partial charge on any atom is 0.225 e. The van der Waals surface area contributed by atoms with Gasteiger partial charge in [0.2, 0.25) is 11.8 Å². The van der Waals surface area contributed by atoms with Crippen LogP contribution in [-0.2, 0) is 9.59 Å². The number of nitrogens with two attached hydrogens (primary N) is 1. The quantitative estimate of drug-likeness (QED) is 0.805. The van der Waals surface area contributed by atoms with E-state index in [2.05, 4.69) is 5.32 Å². The fourth-order valence-electron chi connectivity index (χ4n) is 3.50. The maximum atomic E-state index is 12.5. The number of nitrogens with zero attached hydrogens (tertiary/aromatic N) is 1. The molecule has 1 heterocycles. The molecule has 22 heavy (non-hydrogen) atoms. The highest BCUT2D eigenvalue weighted by Crippen LogP contribution is 2.28. The molecule has 0 bridgehead atoms. The molecular formula is C16H30ClN3O2. The Morgan fingerprint density at radius 1 is 1.27 bits per heavy atom. The van der Waals surface area contributed by atoms with Gasteiger partial charge in [-0.25, -0.2) is 0 Å². The summed E-state index contributed by atoms with van der Waals surface area (Å²) in [5.41, 5.74) is 5.91. The van der Waals surface area contributed by atoms with E-state index < -0.39 is 0 Å². The Morgan fingerprint density at radius 3 is 2.68 bits per heavy atom. The standard InChI is InChI=1S/C16H29N3O2.ClH/c1-2-4-15(20)18-10-12-5-3-8-19(11-12)16(21)13-6-7-14(17)9-13;/h12-14H,2-11,17H2,1H3,(H,18,20);1H. The summed E-state index contributed by atoms with van der Waals surface area (Å²) in [5, 5.41) is 2.99. The first kappa shape index (κ1) is 19.2. The second-order valence-electron chi connectivity index (χ2n) is 6.62. The van der Waals surface area contributed by atoms with Crippen molar-refractivity contribution in [3.8, 4) is 0 Å². The number of rotatable bonds is 5. The minimum Gasteiger partial charge on any atom is -0.356 e. The highest BCUT2D eigenvalue weighted by Gasteiger charge is 2.33. The number of likely N-dealkylation sites (tertiary alicyclic amines) is 1. The lowest BCUT2D eigenvalue weighted by molar-refractivity contribution is -0.137. The minimum absolute atomic E-state index is 0. The van der Waals surface area contributed by atoms with Gasteiger partial charge in [0.05, 0.1) is 0 Å². The number of hydrogen-bond donors (Lipinski definition) is 2.